The number of halogens is 1. The third-order valence-electron chi connectivity index (χ3n) is 1.86. The van der Waals surface area contributed by atoms with Gasteiger partial charge in [-0.05, 0) is 11.8 Å². The second kappa shape index (κ2) is 5.59. The lowest BCUT2D eigenvalue weighted by Crippen LogP contribution is -1.98. The number of nitrogens with two attached hydrogens (primary N) is 2. The molecular formula is C9H8ClN5O2S2. The minimum atomic E-state index is -0.539. The summed E-state index contributed by atoms with van der Waals surface area (Å²) in [7, 11) is 1.27. The summed E-state index contributed by atoms with van der Waals surface area (Å²) in [5.74, 6) is -0.0287. The summed E-state index contributed by atoms with van der Waals surface area (Å²) < 4.78 is 5.08. The Bertz CT molecular complexity index is 613. The molecule has 0 aliphatic carbocycles. The van der Waals surface area contributed by atoms with Gasteiger partial charge >= 0.3 is 5.97 Å². The zero-order valence-electron chi connectivity index (χ0n) is 9.58. The van der Waals surface area contributed by atoms with Crippen LogP contribution in [0.2, 0.25) is 5.15 Å². The predicted octanol–water partition coefficient (Wildman–Crippen LogP) is 1.69. The second-order valence-electron chi connectivity index (χ2n) is 3.19. The van der Waals surface area contributed by atoms with E-state index in [1.807, 2.05) is 0 Å². The highest BCUT2D eigenvalue weighted by atomic mass is 35.5. The Morgan fingerprint density at radius 3 is 2.58 bits per heavy atom. The summed E-state index contributed by atoms with van der Waals surface area (Å²) in [6.07, 6.45) is 0. The van der Waals surface area contributed by atoms with E-state index in [1.54, 1.807) is 0 Å². The molecule has 0 fully saturated rings. The molecule has 0 aliphatic heterocycles. The average Bonchev–Trinajstić information content (AvgIpc) is 2.68. The Hall–Kier alpha value is -1.58. The molecule has 2 aromatic rings. The smallest absolute Gasteiger partial charge is 0.351 e. The highest BCUT2D eigenvalue weighted by Gasteiger charge is 2.18. The number of hydrogen-bond donors (Lipinski definition) is 2. The number of aromatic nitrogens is 3. The van der Waals surface area contributed by atoms with Crippen LogP contribution in [0.1, 0.15) is 9.67 Å². The first-order chi connectivity index (χ1) is 8.99. The van der Waals surface area contributed by atoms with Crippen LogP contribution in [0.3, 0.4) is 0 Å². The Balaban J connectivity index is 2.26. The number of thiazole rings is 1. The van der Waals surface area contributed by atoms with Crippen molar-refractivity contribution in [3.63, 3.8) is 0 Å². The van der Waals surface area contributed by atoms with Crippen molar-refractivity contribution in [1.29, 1.82) is 0 Å². The van der Waals surface area contributed by atoms with Crippen LogP contribution in [0.25, 0.3) is 0 Å². The molecule has 4 N–H and O–H groups in total. The summed E-state index contributed by atoms with van der Waals surface area (Å²) in [6.45, 7) is 0. The summed E-state index contributed by atoms with van der Waals surface area (Å²) in [5, 5.41) is 0.413. The van der Waals surface area contributed by atoms with Crippen LogP contribution in [0.4, 0.5) is 11.6 Å². The summed E-state index contributed by atoms with van der Waals surface area (Å²) in [6, 6.07) is 1.44. The number of hydrogen-bond acceptors (Lipinski definition) is 9. The number of carbonyl (C=O) groups excluding carboxylic acids is 1. The zero-order chi connectivity index (χ0) is 14.0. The zero-order valence-corrected chi connectivity index (χ0v) is 12.0. The van der Waals surface area contributed by atoms with Gasteiger partial charge in [-0.15, -0.1) is 0 Å². The van der Waals surface area contributed by atoms with Crippen LogP contribution in [0.5, 0.6) is 0 Å². The highest BCUT2D eigenvalue weighted by Crippen LogP contribution is 2.34. The maximum atomic E-state index is 11.4. The second-order valence-corrected chi connectivity index (χ2v) is 5.77. The summed E-state index contributed by atoms with van der Waals surface area (Å²) in [4.78, 5) is 23.6. The molecule has 2 rings (SSSR count). The Morgan fingerprint density at radius 1 is 1.37 bits per heavy atom. The molecule has 0 amide bonds. The molecule has 0 radical (unpaired) electrons. The maximum Gasteiger partial charge on any atom is 0.351 e. The van der Waals surface area contributed by atoms with E-state index in [1.165, 1.54) is 13.2 Å². The van der Waals surface area contributed by atoms with Crippen LogP contribution in [0.15, 0.2) is 15.6 Å². The van der Waals surface area contributed by atoms with Crippen molar-refractivity contribution in [3.8, 4) is 0 Å². The van der Waals surface area contributed by atoms with Gasteiger partial charge in [-0.1, -0.05) is 22.9 Å². The molecule has 0 aliphatic rings. The SMILES string of the molecule is COC(=O)c1sc(Sc2nc(N)cc(N)n2)nc1Cl. The number of nitrogens with zero attached hydrogens (tertiary/aromatic N) is 3. The van der Waals surface area contributed by atoms with E-state index in [0.29, 0.717) is 9.50 Å². The average molecular weight is 318 g/mol. The van der Waals surface area contributed by atoms with Gasteiger partial charge in [-0.3, -0.25) is 0 Å². The van der Waals surface area contributed by atoms with Crippen molar-refractivity contribution in [2.75, 3.05) is 18.6 Å². The molecule has 0 saturated carbocycles. The highest BCUT2D eigenvalue weighted by molar-refractivity contribution is 8.00. The molecule has 0 spiro atoms. The molecule has 2 heterocycles. The summed E-state index contributed by atoms with van der Waals surface area (Å²) >= 11 is 8.04. The third kappa shape index (κ3) is 3.25. The van der Waals surface area contributed by atoms with E-state index < -0.39 is 5.97 Å². The molecule has 0 unspecified atom stereocenters. The number of carbonyl (C=O) groups is 1. The van der Waals surface area contributed by atoms with Crippen molar-refractivity contribution in [2.45, 2.75) is 9.50 Å². The van der Waals surface area contributed by atoms with Crippen LogP contribution in [-0.2, 0) is 4.74 Å². The molecule has 10 heteroatoms. The quantitative estimate of drug-likeness (QED) is 0.648. The molecule has 0 saturated heterocycles. The topological polar surface area (TPSA) is 117 Å². The fourth-order valence-electron chi connectivity index (χ4n) is 1.13. The molecule has 0 atom stereocenters. The van der Waals surface area contributed by atoms with Gasteiger partial charge in [0.25, 0.3) is 0 Å². The van der Waals surface area contributed by atoms with Gasteiger partial charge in [-0.25, -0.2) is 19.7 Å². The lowest BCUT2D eigenvalue weighted by Gasteiger charge is -1.99. The number of anilines is 2. The standard InChI is InChI=1S/C9H8ClN5O2S2/c1-17-7(16)5-6(10)15-9(18-5)19-8-13-3(11)2-4(12)14-8/h2H,1H3,(H4,11,12,13,14). The molecule has 100 valence electrons. The minimum Gasteiger partial charge on any atom is -0.465 e. The van der Waals surface area contributed by atoms with Gasteiger partial charge in [-0.2, -0.15) is 0 Å². The molecule has 19 heavy (non-hydrogen) atoms. The number of methoxy groups -OCH3 is 1. The molecule has 7 nitrogen and oxygen atoms in total. The van der Waals surface area contributed by atoms with Crippen LogP contribution in [0, 0.1) is 0 Å². The lowest BCUT2D eigenvalue weighted by atomic mass is 10.5. The van der Waals surface area contributed by atoms with Crippen LogP contribution in [-0.4, -0.2) is 28.0 Å². The van der Waals surface area contributed by atoms with Gasteiger partial charge in [0.2, 0.25) is 0 Å². The van der Waals surface area contributed by atoms with Gasteiger partial charge < -0.3 is 16.2 Å². The lowest BCUT2D eigenvalue weighted by molar-refractivity contribution is 0.0606. The van der Waals surface area contributed by atoms with Crippen molar-refractivity contribution < 1.29 is 9.53 Å². The Morgan fingerprint density at radius 2 is 2.00 bits per heavy atom. The molecular weight excluding hydrogens is 310 g/mol. The van der Waals surface area contributed by atoms with Gasteiger partial charge in [0.15, 0.2) is 19.5 Å². The first kappa shape index (κ1) is 13.8. The number of rotatable bonds is 3. The Labute approximate surface area is 121 Å². The minimum absolute atomic E-state index is 0.0798. The molecule has 0 bridgehead atoms. The van der Waals surface area contributed by atoms with Gasteiger partial charge in [0.05, 0.1) is 7.11 Å². The summed E-state index contributed by atoms with van der Waals surface area (Å²) in [5.41, 5.74) is 11.1. The van der Waals surface area contributed by atoms with Crippen LogP contribution >= 0.6 is 34.7 Å². The number of ether oxygens (including phenoxy) is 1. The van der Waals surface area contributed by atoms with E-state index >= 15 is 0 Å². The normalized spacial score (nSPS) is 10.4. The first-order valence-electron chi connectivity index (χ1n) is 4.82. The fraction of sp³-hybridized carbons (Fsp3) is 0.111. The first-order valence-corrected chi connectivity index (χ1v) is 6.83. The molecule has 0 aromatic carbocycles. The van der Waals surface area contributed by atoms with Crippen LogP contribution < -0.4 is 11.5 Å². The van der Waals surface area contributed by atoms with E-state index in [9.17, 15) is 4.79 Å². The monoisotopic (exact) mass is 317 g/mol. The maximum absolute atomic E-state index is 11.4. The van der Waals surface area contributed by atoms with Crippen molar-refractivity contribution >= 4 is 52.3 Å². The van der Waals surface area contributed by atoms with Crippen molar-refractivity contribution in [3.05, 3.63) is 16.1 Å². The van der Waals surface area contributed by atoms with E-state index in [2.05, 4.69) is 19.7 Å². The van der Waals surface area contributed by atoms with Gasteiger partial charge in [0.1, 0.15) is 11.6 Å². The Kier molecular flexibility index (Phi) is 4.08. The predicted molar refractivity (Wildman–Crippen MR) is 73.4 cm³/mol. The van der Waals surface area contributed by atoms with Gasteiger partial charge in [0, 0.05) is 6.07 Å². The number of nitrogen functional groups attached to an aromatic ring is 2. The largest absolute Gasteiger partial charge is 0.465 e. The third-order valence-corrected chi connectivity index (χ3v) is 4.21. The van der Waals surface area contributed by atoms with Crippen molar-refractivity contribution in [2.24, 2.45) is 0 Å². The van der Waals surface area contributed by atoms with E-state index in [0.717, 1.165) is 23.1 Å². The fourth-order valence-corrected chi connectivity index (χ4v) is 3.35. The van der Waals surface area contributed by atoms with Crippen molar-refractivity contribution in [1.82, 2.24) is 15.0 Å². The van der Waals surface area contributed by atoms with E-state index in [-0.39, 0.29) is 21.7 Å². The van der Waals surface area contributed by atoms with E-state index in [4.69, 9.17) is 23.1 Å². The number of esters is 1. The molecule has 2 aromatic heterocycles.